The van der Waals surface area contributed by atoms with Crippen LogP contribution in [0.15, 0.2) is 0 Å². The number of nitrogens with zero attached hydrogens (tertiary/aromatic N) is 1. The molecule has 0 saturated carbocycles. The SMILES string of the molecule is CC[C@H](C(N)=O)N1C[C@H](CI)CC1=O. The van der Waals surface area contributed by atoms with Gasteiger partial charge in [0, 0.05) is 17.4 Å². The molecule has 2 N–H and O–H groups in total. The molecule has 0 aromatic rings. The lowest BCUT2D eigenvalue weighted by atomic mass is 10.1. The van der Waals surface area contributed by atoms with Gasteiger partial charge in [0.05, 0.1) is 0 Å². The van der Waals surface area contributed by atoms with E-state index in [-0.39, 0.29) is 5.91 Å². The zero-order valence-electron chi connectivity index (χ0n) is 8.20. The Morgan fingerprint density at radius 2 is 2.43 bits per heavy atom. The van der Waals surface area contributed by atoms with Crippen LogP contribution in [0.5, 0.6) is 0 Å². The Bertz CT molecular complexity index is 245. The standard InChI is InChI=1S/C9H15IN2O2/c1-2-7(9(11)14)12-5-6(4-10)3-8(12)13/h6-7H,2-5H2,1H3,(H2,11,14)/t6-,7+/m0/s1. The molecule has 1 heterocycles. The van der Waals surface area contributed by atoms with E-state index in [9.17, 15) is 9.59 Å². The van der Waals surface area contributed by atoms with Gasteiger partial charge in [-0.1, -0.05) is 29.5 Å². The largest absolute Gasteiger partial charge is 0.368 e. The molecular formula is C9H15IN2O2. The molecule has 1 fully saturated rings. The molecule has 80 valence electrons. The maximum atomic E-state index is 11.6. The normalized spacial score (nSPS) is 24.0. The van der Waals surface area contributed by atoms with Gasteiger partial charge in [0.15, 0.2) is 0 Å². The van der Waals surface area contributed by atoms with Crippen LogP contribution in [0.4, 0.5) is 0 Å². The van der Waals surface area contributed by atoms with Crippen LogP contribution in [0.1, 0.15) is 19.8 Å². The monoisotopic (exact) mass is 310 g/mol. The van der Waals surface area contributed by atoms with E-state index in [1.165, 1.54) is 0 Å². The van der Waals surface area contributed by atoms with E-state index in [1.807, 2.05) is 6.92 Å². The predicted molar refractivity (Wildman–Crippen MR) is 62.0 cm³/mol. The highest BCUT2D eigenvalue weighted by atomic mass is 127. The van der Waals surface area contributed by atoms with Crippen LogP contribution in [-0.2, 0) is 9.59 Å². The number of hydrogen-bond acceptors (Lipinski definition) is 2. The van der Waals surface area contributed by atoms with E-state index in [2.05, 4.69) is 22.6 Å². The lowest BCUT2D eigenvalue weighted by Crippen LogP contribution is -2.45. The van der Waals surface area contributed by atoms with Crippen LogP contribution in [-0.4, -0.2) is 33.7 Å². The molecule has 0 bridgehead atoms. The molecule has 0 unspecified atom stereocenters. The molecule has 14 heavy (non-hydrogen) atoms. The molecule has 0 aromatic carbocycles. The van der Waals surface area contributed by atoms with Gasteiger partial charge in [0.2, 0.25) is 11.8 Å². The van der Waals surface area contributed by atoms with E-state index in [4.69, 9.17) is 5.73 Å². The fraction of sp³-hybridized carbons (Fsp3) is 0.778. The van der Waals surface area contributed by atoms with Crippen molar-refractivity contribution in [2.75, 3.05) is 11.0 Å². The quantitative estimate of drug-likeness (QED) is 0.608. The van der Waals surface area contributed by atoms with Gasteiger partial charge in [0.25, 0.3) is 0 Å². The summed E-state index contributed by atoms with van der Waals surface area (Å²) in [7, 11) is 0. The van der Waals surface area contributed by atoms with E-state index >= 15 is 0 Å². The maximum Gasteiger partial charge on any atom is 0.240 e. The number of hydrogen-bond donors (Lipinski definition) is 1. The van der Waals surface area contributed by atoms with Crippen LogP contribution in [0.25, 0.3) is 0 Å². The Labute approximate surface area is 97.3 Å². The van der Waals surface area contributed by atoms with Gasteiger partial charge in [-0.05, 0) is 12.3 Å². The predicted octanol–water partition coefficient (Wildman–Crippen LogP) is 0.534. The second kappa shape index (κ2) is 4.95. The van der Waals surface area contributed by atoms with Crippen molar-refractivity contribution in [2.45, 2.75) is 25.8 Å². The highest BCUT2D eigenvalue weighted by Crippen LogP contribution is 2.22. The third-order valence-electron chi connectivity index (χ3n) is 2.55. The molecule has 1 aliphatic rings. The summed E-state index contributed by atoms with van der Waals surface area (Å²) in [5.41, 5.74) is 5.24. The van der Waals surface area contributed by atoms with Crippen molar-refractivity contribution in [1.29, 1.82) is 0 Å². The molecule has 2 amide bonds. The third-order valence-corrected chi connectivity index (χ3v) is 3.79. The summed E-state index contributed by atoms with van der Waals surface area (Å²) >= 11 is 2.27. The second-order valence-electron chi connectivity index (χ2n) is 3.60. The molecule has 1 saturated heterocycles. The first-order chi connectivity index (χ1) is 6.60. The van der Waals surface area contributed by atoms with Gasteiger partial charge in [-0.15, -0.1) is 0 Å². The van der Waals surface area contributed by atoms with Gasteiger partial charge >= 0.3 is 0 Å². The molecule has 4 nitrogen and oxygen atoms in total. The average Bonchev–Trinajstić information content (AvgIpc) is 2.48. The van der Waals surface area contributed by atoms with Crippen molar-refractivity contribution in [1.82, 2.24) is 4.90 Å². The zero-order valence-corrected chi connectivity index (χ0v) is 10.4. The van der Waals surface area contributed by atoms with Gasteiger partial charge in [0.1, 0.15) is 6.04 Å². The first kappa shape index (κ1) is 11.7. The van der Waals surface area contributed by atoms with Crippen LogP contribution in [0.2, 0.25) is 0 Å². The van der Waals surface area contributed by atoms with Crippen LogP contribution < -0.4 is 5.73 Å². The van der Waals surface area contributed by atoms with Gasteiger partial charge in [-0.2, -0.15) is 0 Å². The first-order valence-corrected chi connectivity index (χ1v) is 6.27. The van der Waals surface area contributed by atoms with Crippen molar-refractivity contribution < 1.29 is 9.59 Å². The summed E-state index contributed by atoms with van der Waals surface area (Å²) in [6, 6.07) is -0.407. The molecule has 0 radical (unpaired) electrons. The Balaban J connectivity index is 2.68. The highest BCUT2D eigenvalue weighted by molar-refractivity contribution is 14.1. The molecule has 5 heteroatoms. The maximum absolute atomic E-state index is 11.6. The fourth-order valence-electron chi connectivity index (χ4n) is 1.79. The molecule has 1 rings (SSSR count). The topological polar surface area (TPSA) is 63.4 Å². The Kier molecular flexibility index (Phi) is 4.15. The zero-order chi connectivity index (χ0) is 10.7. The summed E-state index contributed by atoms with van der Waals surface area (Å²) in [6.07, 6.45) is 1.17. The van der Waals surface area contributed by atoms with Gasteiger partial charge in [-0.25, -0.2) is 0 Å². The Hall–Kier alpha value is -0.330. The number of rotatable bonds is 4. The lowest BCUT2D eigenvalue weighted by molar-refractivity contribution is -0.136. The van der Waals surface area contributed by atoms with Gasteiger partial charge < -0.3 is 10.6 Å². The highest BCUT2D eigenvalue weighted by Gasteiger charge is 2.35. The van der Waals surface area contributed by atoms with E-state index < -0.39 is 11.9 Å². The number of likely N-dealkylation sites (tertiary alicyclic amines) is 1. The summed E-state index contributed by atoms with van der Waals surface area (Å²) in [4.78, 5) is 24.3. The molecule has 0 aromatic heterocycles. The average molecular weight is 310 g/mol. The fourth-order valence-corrected chi connectivity index (χ4v) is 2.38. The summed E-state index contributed by atoms with van der Waals surface area (Å²) in [5.74, 6) is 0.0591. The minimum absolute atomic E-state index is 0.0670. The Morgan fingerprint density at radius 1 is 1.79 bits per heavy atom. The number of primary amides is 1. The summed E-state index contributed by atoms with van der Waals surface area (Å²) < 4.78 is 0.954. The van der Waals surface area contributed by atoms with Crippen molar-refractivity contribution >= 4 is 34.4 Å². The van der Waals surface area contributed by atoms with Crippen molar-refractivity contribution in [3.8, 4) is 0 Å². The van der Waals surface area contributed by atoms with Crippen molar-refractivity contribution in [3.05, 3.63) is 0 Å². The van der Waals surface area contributed by atoms with Crippen LogP contribution in [0.3, 0.4) is 0 Å². The van der Waals surface area contributed by atoms with Crippen molar-refractivity contribution in [3.63, 3.8) is 0 Å². The van der Waals surface area contributed by atoms with Crippen molar-refractivity contribution in [2.24, 2.45) is 11.7 Å². The molecule has 0 aliphatic carbocycles. The molecule has 2 atom stereocenters. The second-order valence-corrected chi connectivity index (χ2v) is 4.48. The smallest absolute Gasteiger partial charge is 0.240 e. The first-order valence-electron chi connectivity index (χ1n) is 4.74. The lowest BCUT2D eigenvalue weighted by Gasteiger charge is -2.24. The molecular weight excluding hydrogens is 295 g/mol. The van der Waals surface area contributed by atoms with E-state index in [1.54, 1.807) is 4.90 Å². The number of nitrogens with two attached hydrogens (primary N) is 1. The minimum Gasteiger partial charge on any atom is -0.368 e. The number of carbonyl (C=O) groups excluding carboxylic acids is 2. The summed E-state index contributed by atoms with van der Waals surface area (Å²) in [6.45, 7) is 2.56. The number of amides is 2. The van der Waals surface area contributed by atoms with E-state index in [0.29, 0.717) is 25.3 Å². The number of alkyl halides is 1. The van der Waals surface area contributed by atoms with Crippen LogP contribution in [0, 0.1) is 5.92 Å². The molecule has 1 aliphatic heterocycles. The summed E-state index contributed by atoms with van der Waals surface area (Å²) in [5, 5.41) is 0. The third kappa shape index (κ3) is 2.37. The Morgan fingerprint density at radius 3 is 2.79 bits per heavy atom. The van der Waals surface area contributed by atoms with Crippen LogP contribution >= 0.6 is 22.6 Å². The minimum atomic E-state index is -0.407. The number of halogens is 1. The number of carbonyl (C=O) groups is 2. The van der Waals surface area contributed by atoms with E-state index in [0.717, 1.165) is 4.43 Å². The van der Waals surface area contributed by atoms with Gasteiger partial charge in [-0.3, -0.25) is 9.59 Å². The molecule has 0 spiro atoms.